The van der Waals surface area contributed by atoms with E-state index in [2.05, 4.69) is 9.98 Å². The molecule has 2 N–H and O–H groups in total. The lowest BCUT2D eigenvalue weighted by molar-refractivity contribution is -0.380. The molecule has 1 aromatic rings. The fourth-order valence-corrected chi connectivity index (χ4v) is 2.31. The highest BCUT2D eigenvalue weighted by Gasteiger charge is 2.47. The maximum absolute atomic E-state index is 14.7. The van der Waals surface area contributed by atoms with Crippen molar-refractivity contribution in [1.29, 1.82) is 0 Å². The molecule has 0 fully saturated rings. The van der Waals surface area contributed by atoms with E-state index < -0.39 is 22.5 Å². The predicted molar refractivity (Wildman–Crippen MR) is 61.9 cm³/mol. The molecule has 2 heterocycles. The molecule has 18 heavy (non-hydrogen) atoms. The zero-order valence-electron chi connectivity index (χ0n) is 8.82. The number of thiazole rings is 1. The summed E-state index contributed by atoms with van der Waals surface area (Å²) in [6.45, 7) is 0. The Bertz CT molecular complexity index is 570. The van der Waals surface area contributed by atoms with E-state index in [0.717, 1.165) is 12.4 Å². The average molecular weight is 270 g/mol. The molecular weight excluding hydrogens is 263 g/mol. The maximum atomic E-state index is 14.7. The number of aromatic nitrogens is 1. The average Bonchev–Trinajstić information content (AvgIpc) is 2.79. The number of hydrogen-bond acceptors (Lipinski definition) is 6. The van der Waals surface area contributed by atoms with E-state index in [1.54, 1.807) is 0 Å². The molecule has 0 bridgehead atoms. The van der Waals surface area contributed by atoms with Gasteiger partial charge in [-0.1, -0.05) is 6.08 Å². The van der Waals surface area contributed by atoms with Crippen molar-refractivity contribution in [3.8, 4) is 0 Å². The third kappa shape index (κ3) is 1.88. The van der Waals surface area contributed by atoms with Crippen LogP contribution in [0.2, 0.25) is 0 Å². The molecule has 7 nitrogen and oxygen atoms in total. The van der Waals surface area contributed by atoms with Crippen LogP contribution in [0.3, 0.4) is 0 Å². The van der Waals surface area contributed by atoms with E-state index in [4.69, 9.17) is 5.73 Å². The van der Waals surface area contributed by atoms with Crippen LogP contribution in [0.1, 0.15) is 5.01 Å². The highest BCUT2D eigenvalue weighted by molar-refractivity contribution is 7.15. The number of rotatable bonds is 3. The van der Waals surface area contributed by atoms with Crippen molar-refractivity contribution in [2.24, 2.45) is 16.6 Å². The van der Waals surface area contributed by atoms with Gasteiger partial charge in [-0.2, -0.15) is 0 Å². The van der Waals surface area contributed by atoms with E-state index in [-0.39, 0.29) is 10.0 Å². The molecule has 0 aromatic carbocycles. The fraction of sp³-hybridized carbons (Fsp3) is 0.222. The number of hydrogen-bond donors (Lipinski definition) is 1. The third-order valence-corrected chi connectivity index (χ3v) is 3.39. The van der Waals surface area contributed by atoms with E-state index in [1.807, 2.05) is 0 Å². The second-order valence-electron chi connectivity index (χ2n) is 3.48. The summed E-state index contributed by atoms with van der Waals surface area (Å²) in [4.78, 5) is 28.2. The summed E-state index contributed by atoms with van der Waals surface area (Å²) in [6, 6.07) is 0. The molecule has 2 rings (SSSR count). The van der Waals surface area contributed by atoms with E-state index in [9.17, 15) is 19.3 Å². The van der Waals surface area contributed by atoms with Gasteiger partial charge in [-0.15, -0.1) is 0 Å². The largest absolute Gasteiger partial charge is 0.369 e. The Morgan fingerprint density at radius 2 is 2.39 bits per heavy atom. The van der Waals surface area contributed by atoms with Gasteiger partial charge in [0.25, 0.3) is 5.79 Å². The van der Waals surface area contributed by atoms with Gasteiger partial charge in [0.05, 0.1) is 4.92 Å². The molecule has 0 saturated carbocycles. The van der Waals surface area contributed by atoms with Gasteiger partial charge in [-0.05, 0) is 17.4 Å². The van der Waals surface area contributed by atoms with Crippen LogP contribution in [0.4, 0.5) is 9.39 Å². The van der Waals surface area contributed by atoms with Crippen molar-refractivity contribution in [2.75, 3.05) is 0 Å². The number of nitrogens with zero attached hydrogens (tertiary/aromatic N) is 3. The van der Waals surface area contributed by atoms with Gasteiger partial charge in [0.15, 0.2) is 5.01 Å². The molecule has 1 amide bonds. The van der Waals surface area contributed by atoms with Crippen molar-refractivity contribution in [2.45, 2.75) is 5.79 Å². The number of nitrogens with two attached hydrogens (primary N) is 1. The first-order valence-corrected chi connectivity index (χ1v) is 5.57. The van der Waals surface area contributed by atoms with Gasteiger partial charge < -0.3 is 5.73 Å². The van der Waals surface area contributed by atoms with Crippen LogP contribution in [-0.2, 0) is 10.6 Å². The Morgan fingerprint density at radius 3 is 2.94 bits per heavy atom. The predicted octanol–water partition coefficient (Wildman–Crippen LogP) is 0.916. The highest BCUT2D eigenvalue weighted by atomic mass is 32.1. The topological polar surface area (TPSA) is 111 Å². The molecule has 1 aliphatic rings. The number of primary amides is 1. The number of aliphatic imine (C=N–C) groups is 1. The minimum absolute atomic E-state index is 0.265. The van der Waals surface area contributed by atoms with Crippen LogP contribution in [0.5, 0.6) is 0 Å². The van der Waals surface area contributed by atoms with E-state index in [0.29, 0.717) is 11.3 Å². The molecule has 2 unspecified atom stereocenters. The van der Waals surface area contributed by atoms with Gasteiger partial charge in [0, 0.05) is 6.21 Å². The summed E-state index contributed by atoms with van der Waals surface area (Å²) in [5, 5.41) is 9.94. The molecule has 0 radical (unpaired) electrons. The number of alkyl halides is 1. The van der Waals surface area contributed by atoms with Crippen LogP contribution < -0.4 is 5.73 Å². The summed E-state index contributed by atoms with van der Waals surface area (Å²) < 4.78 is 14.7. The monoisotopic (exact) mass is 270 g/mol. The number of halogens is 1. The summed E-state index contributed by atoms with van der Waals surface area (Å²) in [6.07, 6.45) is 4.72. The molecule has 0 spiro atoms. The Kier molecular flexibility index (Phi) is 2.91. The first kappa shape index (κ1) is 12.3. The van der Waals surface area contributed by atoms with Gasteiger partial charge in [-0.25, -0.2) is 14.4 Å². The normalized spacial score (nSPS) is 26.2. The first-order chi connectivity index (χ1) is 8.45. The minimum Gasteiger partial charge on any atom is -0.369 e. The highest BCUT2D eigenvalue weighted by Crippen LogP contribution is 2.41. The quantitative estimate of drug-likeness (QED) is 0.500. The van der Waals surface area contributed by atoms with Crippen molar-refractivity contribution in [3.63, 3.8) is 0 Å². The third-order valence-electron chi connectivity index (χ3n) is 2.34. The lowest BCUT2D eigenvalue weighted by atomic mass is 9.95. The molecule has 1 aliphatic heterocycles. The molecule has 94 valence electrons. The van der Waals surface area contributed by atoms with Gasteiger partial charge in [0.2, 0.25) is 5.91 Å². The molecule has 9 heteroatoms. The lowest BCUT2D eigenvalue weighted by Crippen LogP contribution is -2.38. The summed E-state index contributed by atoms with van der Waals surface area (Å²) >= 11 is 0.527. The minimum atomic E-state index is -2.47. The standard InChI is InChI=1S/C9H7FN4O3S/c10-9(5(7(11)15)2-1-3-13-9)8-12-4-6(18-8)14(16)17/h1-5H,(H2,11,15). The lowest BCUT2D eigenvalue weighted by Gasteiger charge is -2.25. The first-order valence-electron chi connectivity index (χ1n) is 4.76. The van der Waals surface area contributed by atoms with Gasteiger partial charge >= 0.3 is 5.00 Å². The number of carbonyl (C=O) groups is 1. The summed E-state index contributed by atoms with van der Waals surface area (Å²) in [5.74, 6) is -4.71. The van der Waals surface area contributed by atoms with E-state index in [1.165, 1.54) is 12.2 Å². The Hall–Kier alpha value is -2.16. The second-order valence-corrected chi connectivity index (χ2v) is 4.49. The zero-order valence-corrected chi connectivity index (χ0v) is 9.63. The summed E-state index contributed by atoms with van der Waals surface area (Å²) in [7, 11) is 0. The van der Waals surface area contributed by atoms with E-state index >= 15 is 0 Å². The number of carbonyl (C=O) groups excluding carboxylic acids is 1. The Balaban J connectivity index is 2.45. The van der Waals surface area contributed by atoms with Crippen molar-refractivity contribution < 1.29 is 14.1 Å². The van der Waals surface area contributed by atoms with Crippen molar-refractivity contribution in [1.82, 2.24) is 4.98 Å². The molecule has 2 atom stereocenters. The Morgan fingerprint density at radius 1 is 1.67 bits per heavy atom. The number of dihydropyridines is 1. The van der Waals surface area contributed by atoms with Crippen molar-refractivity contribution >= 4 is 28.5 Å². The smallest absolute Gasteiger partial charge is 0.344 e. The van der Waals surface area contributed by atoms with Crippen molar-refractivity contribution in [3.05, 3.63) is 33.5 Å². The molecule has 0 aliphatic carbocycles. The number of nitro groups is 1. The molecule has 1 aromatic heterocycles. The number of allylic oxidation sites excluding steroid dienone is 1. The van der Waals surface area contributed by atoms with Crippen LogP contribution in [0.15, 0.2) is 23.3 Å². The summed E-state index contributed by atoms with van der Waals surface area (Å²) in [5.41, 5.74) is 5.09. The van der Waals surface area contributed by atoms with Crippen LogP contribution in [-0.4, -0.2) is 22.0 Å². The number of amides is 1. The molecular formula is C9H7FN4O3S. The SMILES string of the molecule is NC(=O)C1C=CC=NC1(F)c1ncc([N+](=O)[O-])s1. The fourth-order valence-electron chi connectivity index (χ4n) is 1.50. The van der Waals surface area contributed by atoms with Crippen LogP contribution >= 0.6 is 11.3 Å². The van der Waals surface area contributed by atoms with Gasteiger partial charge in [0.1, 0.15) is 12.1 Å². The zero-order chi connectivity index (χ0) is 13.3. The molecule has 0 saturated heterocycles. The second kappa shape index (κ2) is 4.26. The maximum Gasteiger partial charge on any atom is 0.344 e. The van der Waals surface area contributed by atoms with Crippen LogP contribution in [0, 0.1) is 16.0 Å². The van der Waals surface area contributed by atoms with Crippen LogP contribution in [0.25, 0.3) is 0 Å². The van der Waals surface area contributed by atoms with Gasteiger partial charge in [-0.3, -0.25) is 14.9 Å². The Labute approximate surface area is 104 Å².